The van der Waals surface area contributed by atoms with E-state index in [9.17, 15) is 8.42 Å². The molecule has 5 nitrogen and oxygen atoms in total. The Morgan fingerprint density at radius 3 is 2.59 bits per heavy atom. The maximum absolute atomic E-state index is 11.1. The highest BCUT2D eigenvalue weighted by molar-refractivity contribution is 9.10. The average molecular weight is 324 g/mol. The Kier molecular flexibility index (Phi) is 5.38. The van der Waals surface area contributed by atoms with Crippen molar-refractivity contribution in [2.24, 2.45) is 5.14 Å². The largest absolute Gasteiger partial charge is 0.492 e. The fraction of sp³-hybridized carbons (Fsp3) is 0.400. The van der Waals surface area contributed by atoms with E-state index >= 15 is 0 Å². The first-order chi connectivity index (χ1) is 7.95. The standard InChI is InChI=1S/C10H14BrNO4S/c1-15-5-2-6-16-10-4-3-8(7-9(10)11)17(12,13)14/h3-4,7H,2,5-6H2,1H3,(H2,12,13,14). The van der Waals surface area contributed by atoms with Gasteiger partial charge in [-0.15, -0.1) is 0 Å². The molecule has 0 aromatic heterocycles. The van der Waals surface area contributed by atoms with Gasteiger partial charge in [-0.05, 0) is 34.1 Å². The lowest BCUT2D eigenvalue weighted by Gasteiger charge is -2.08. The Bertz CT molecular complexity index is 475. The minimum absolute atomic E-state index is 0.0496. The predicted molar refractivity (Wildman–Crippen MR) is 67.5 cm³/mol. The van der Waals surface area contributed by atoms with Gasteiger partial charge >= 0.3 is 0 Å². The van der Waals surface area contributed by atoms with Crippen molar-refractivity contribution < 1.29 is 17.9 Å². The molecular weight excluding hydrogens is 310 g/mol. The van der Waals surface area contributed by atoms with Gasteiger partial charge in [0, 0.05) is 20.1 Å². The van der Waals surface area contributed by atoms with E-state index in [2.05, 4.69) is 15.9 Å². The van der Waals surface area contributed by atoms with E-state index in [4.69, 9.17) is 14.6 Å². The smallest absolute Gasteiger partial charge is 0.238 e. The fourth-order valence-electron chi connectivity index (χ4n) is 1.16. The number of primary sulfonamides is 1. The van der Waals surface area contributed by atoms with E-state index in [1.165, 1.54) is 12.1 Å². The second kappa shape index (κ2) is 6.34. The van der Waals surface area contributed by atoms with E-state index in [0.29, 0.717) is 23.4 Å². The van der Waals surface area contributed by atoms with Crippen LogP contribution in [0.2, 0.25) is 0 Å². The van der Waals surface area contributed by atoms with Gasteiger partial charge in [-0.1, -0.05) is 0 Å². The molecule has 0 bridgehead atoms. The molecule has 96 valence electrons. The summed E-state index contributed by atoms with van der Waals surface area (Å²) in [6.45, 7) is 1.12. The summed E-state index contributed by atoms with van der Waals surface area (Å²) in [5.74, 6) is 0.577. The predicted octanol–water partition coefficient (Wildman–Crippen LogP) is 1.51. The Morgan fingerprint density at radius 1 is 1.35 bits per heavy atom. The van der Waals surface area contributed by atoms with Gasteiger partial charge in [-0.2, -0.15) is 0 Å². The van der Waals surface area contributed by atoms with Crippen LogP contribution >= 0.6 is 15.9 Å². The number of benzene rings is 1. The van der Waals surface area contributed by atoms with E-state index in [0.717, 1.165) is 6.42 Å². The summed E-state index contributed by atoms with van der Waals surface area (Å²) in [4.78, 5) is 0.0496. The SMILES string of the molecule is COCCCOc1ccc(S(N)(=O)=O)cc1Br. The van der Waals surface area contributed by atoms with Crippen LogP contribution in [0.3, 0.4) is 0 Å². The Morgan fingerprint density at radius 2 is 2.06 bits per heavy atom. The highest BCUT2D eigenvalue weighted by atomic mass is 79.9. The molecule has 17 heavy (non-hydrogen) atoms. The molecule has 1 aromatic carbocycles. The first kappa shape index (κ1) is 14.4. The summed E-state index contributed by atoms with van der Waals surface area (Å²) >= 11 is 3.23. The van der Waals surface area contributed by atoms with Crippen LogP contribution in [0.15, 0.2) is 27.6 Å². The van der Waals surface area contributed by atoms with Gasteiger partial charge in [0.2, 0.25) is 10.0 Å². The molecule has 0 heterocycles. The third-order valence-corrected chi connectivity index (χ3v) is 3.51. The molecule has 0 aliphatic rings. The van der Waals surface area contributed by atoms with Gasteiger partial charge in [0.15, 0.2) is 0 Å². The van der Waals surface area contributed by atoms with Crippen molar-refractivity contribution >= 4 is 26.0 Å². The number of hydrogen-bond acceptors (Lipinski definition) is 4. The molecule has 0 saturated heterocycles. The number of nitrogens with two attached hydrogens (primary N) is 1. The first-order valence-electron chi connectivity index (χ1n) is 4.89. The Balaban J connectivity index is 2.70. The quantitative estimate of drug-likeness (QED) is 0.805. The van der Waals surface area contributed by atoms with Crippen LogP contribution in [0.5, 0.6) is 5.75 Å². The van der Waals surface area contributed by atoms with Gasteiger partial charge in [0.05, 0.1) is 16.0 Å². The highest BCUT2D eigenvalue weighted by Gasteiger charge is 2.10. The number of hydrogen-bond donors (Lipinski definition) is 1. The summed E-state index contributed by atoms with van der Waals surface area (Å²) in [6.07, 6.45) is 0.764. The molecule has 0 fully saturated rings. The van der Waals surface area contributed by atoms with Crippen molar-refractivity contribution in [1.82, 2.24) is 0 Å². The molecule has 2 N–H and O–H groups in total. The van der Waals surface area contributed by atoms with Gasteiger partial charge in [-0.3, -0.25) is 0 Å². The lowest BCUT2D eigenvalue weighted by molar-refractivity contribution is 0.172. The van der Waals surface area contributed by atoms with Crippen molar-refractivity contribution in [3.63, 3.8) is 0 Å². The number of sulfonamides is 1. The van der Waals surface area contributed by atoms with E-state index in [1.54, 1.807) is 13.2 Å². The summed E-state index contributed by atoms with van der Waals surface area (Å²) < 4.78 is 33.1. The minimum atomic E-state index is -3.68. The Hall–Kier alpha value is -0.630. The van der Waals surface area contributed by atoms with Crippen LogP contribution in [-0.2, 0) is 14.8 Å². The second-order valence-corrected chi connectivity index (χ2v) is 5.75. The second-order valence-electron chi connectivity index (χ2n) is 3.33. The molecule has 0 unspecified atom stereocenters. The highest BCUT2D eigenvalue weighted by Crippen LogP contribution is 2.27. The van der Waals surface area contributed by atoms with Gasteiger partial charge in [-0.25, -0.2) is 13.6 Å². The van der Waals surface area contributed by atoms with Gasteiger partial charge in [0.1, 0.15) is 5.75 Å². The maximum atomic E-state index is 11.1. The van der Waals surface area contributed by atoms with Gasteiger partial charge in [0.25, 0.3) is 0 Å². The number of methoxy groups -OCH3 is 1. The molecule has 0 aliphatic carbocycles. The summed E-state index contributed by atoms with van der Waals surface area (Å²) in [5.41, 5.74) is 0. The average Bonchev–Trinajstić information content (AvgIpc) is 2.24. The van der Waals surface area contributed by atoms with Crippen LogP contribution < -0.4 is 9.88 Å². The minimum Gasteiger partial charge on any atom is -0.492 e. The summed E-state index contributed by atoms with van der Waals surface area (Å²) in [6, 6.07) is 4.39. The van der Waals surface area contributed by atoms with Crippen molar-refractivity contribution in [3.05, 3.63) is 22.7 Å². The maximum Gasteiger partial charge on any atom is 0.238 e. The van der Waals surface area contributed by atoms with Crippen LogP contribution in [0.4, 0.5) is 0 Å². The molecule has 0 amide bonds. The first-order valence-corrected chi connectivity index (χ1v) is 7.23. The van der Waals surface area contributed by atoms with E-state index < -0.39 is 10.0 Å². The molecule has 7 heteroatoms. The molecule has 0 aliphatic heterocycles. The molecule has 0 atom stereocenters. The molecule has 0 saturated carbocycles. The zero-order chi connectivity index (χ0) is 12.9. The number of halogens is 1. The van der Waals surface area contributed by atoms with Crippen molar-refractivity contribution in [3.8, 4) is 5.75 Å². The van der Waals surface area contributed by atoms with E-state index in [1.807, 2.05) is 0 Å². The zero-order valence-electron chi connectivity index (χ0n) is 9.35. The monoisotopic (exact) mass is 323 g/mol. The fourth-order valence-corrected chi connectivity index (χ4v) is 2.35. The van der Waals surface area contributed by atoms with E-state index in [-0.39, 0.29) is 4.90 Å². The molecule has 0 radical (unpaired) electrons. The Labute approximate surface area is 109 Å². The zero-order valence-corrected chi connectivity index (χ0v) is 11.8. The van der Waals surface area contributed by atoms with Crippen molar-refractivity contribution in [1.29, 1.82) is 0 Å². The number of rotatable bonds is 6. The normalized spacial score (nSPS) is 11.5. The third-order valence-electron chi connectivity index (χ3n) is 1.98. The lowest BCUT2D eigenvalue weighted by Crippen LogP contribution is -2.12. The molecule has 1 rings (SSSR count). The third kappa shape index (κ3) is 4.63. The topological polar surface area (TPSA) is 78.6 Å². The molecular formula is C10H14BrNO4S. The van der Waals surface area contributed by atoms with Crippen LogP contribution in [0.25, 0.3) is 0 Å². The van der Waals surface area contributed by atoms with Crippen molar-refractivity contribution in [2.75, 3.05) is 20.3 Å². The lowest BCUT2D eigenvalue weighted by atomic mass is 10.3. The summed E-state index contributed by atoms with van der Waals surface area (Å²) in [7, 11) is -2.05. The molecule has 1 aromatic rings. The molecule has 0 spiro atoms. The summed E-state index contributed by atoms with van der Waals surface area (Å²) in [5, 5.41) is 5.01. The number of ether oxygens (including phenoxy) is 2. The van der Waals surface area contributed by atoms with Gasteiger partial charge < -0.3 is 9.47 Å². The van der Waals surface area contributed by atoms with Crippen LogP contribution in [0, 0.1) is 0 Å². The van der Waals surface area contributed by atoms with Crippen LogP contribution in [-0.4, -0.2) is 28.7 Å². The van der Waals surface area contributed by atoms with Crippen molar-refractivity contribution in [2.45, 2.75) is 11.3 Å². The van der Waals surface area contributed by atoms with Crippen LogP contribution in [0.1, 0.15) is 6.42 Å².